The average molecular weight is 464 g/mol. The summed E-state index contributed by atoms with van der Waals surface area (Å²) in [7, 11) is 0. The molecule has 0 radical (unpaired) electrons. The summed E-state index contributed by atoms with van der Waals surface area (Å²) >= 11 is 2.88. The van der Waals surface area contributed by atoms with Crippen molar-refractivity contribution in [2.75, 3.05) is 49.7 Å². The molecule has 0 aliphatic carbocycles. The summed E-state index contributed by atoms with van der Waals surface area (Å²) < 4.78 is 4.98. The van der Waals surface area contributed by atoms with E-state index in [0.29, 0.717) is 43.6 Å². The maximum atomic E-state index is 12.5. The number of urea groups is 1. The highest BCUT2D eigenvalue weighted by Gasteiger charge is 2.25. The molecule has 11 heteroatoms. The van der Waals surface area contributed by atoms with Gasteiger partial charge in [-0.15, -0.1) is 23.1 Å². The Morgan fingerprint density at radius 3 is 2.61 bits per heavy atom. The Kier molecular flexibility index (Phi) is 8.13. The lowest BCUT2D eigenvalue weighted by Gasteiger charge is -2.33. The molecule has 2 aromatic rings. The number of hydrogen-bond acceptors (Lipinski definition) is 7. The van der Waals surface area contributed by atoms with Crippen LogP contribution in [0.15, 0.2) is 34.5 Å². The van der Waals surface area contributed by atoms with E-state index in [0.717, 1.165) is 10.6 Å². The Hall–Kier alpha value is -2.79. The van der Waals surface area contributed by atoms with E-state index in [2.05, 4.69) is 15.6 Å². The molecule has 31 heavy (non-hydrogen) atoms. The summed E-state index contributed by atoms with van der Waals surface area (Å²) in [6.07, 6.45) is 1.74. The van der Waals surface area contributed by atoms with Crippen LogP contribution in [0.5, 0.6) is 0 Å². The molecule has 4 amide bonds. The minimum atomic E-state index is -0.356. The number of aromatic nitrogens is 1. The number of hydrogen-bond donors (Lipinski definition) is 2. The monoisotopic (exact) mass is 463 g/mol. The fourth-order valence-electron chi connectivity index (χ4n) is 2.99. The number of thioether (sulfide) groups is 1. The van der Waals surface area contributed by atoms with Crippen LogP contribution in [0.2, 0.25) is 0 Å². The van der Waals surface area contributed by atoms with Gasteiger partial charge in [-0.3, -0.25) is 10.1 Å². The molecule has 1 fully saturated rings. The van der Waals surface area contributed by atoms with Crippen LogP contribution in [0.1, 0.15) is 12.6 Å². The number of carbonyl (C=O) groups is 3. The molecule has 3 rings (SSSR count). The third-order valence-electron chi connectivity index (χ3n) is 4.55. The molecule has 1 aliphatic heterocycles. The molecule has 9 nitrogen and oxygen atoms in total. The molecule has 2 heterocycles. The van der Waals surface area contributed by atoms with Crippen molar-refractivity contribution in [3.05, 3.63) is 35.3 Å². The van der Waals surface area contributed by atoms with Gasteiger partial charge in [-0.1, -0.05) is 6.07 Å². The molecule has 0 bridgehead atoms. The van der Waals surface area contributed by atoms with Crippen molar-refractivity contribution < 1.29 is 19.1 Å². The molecule has 1 aromatic carbocycles. The van der Waals surface area contributed by atoms with Crippen molar-refractivity contribution in [1.82, 2.24) is 14.8 Å². The van der Waals surface area contributed by atoms with Gasteiger partial charge < -0.3 is 19.9 Å². The number of benzene rings is 1. The predicted octanol–water partition coefficient (Wildman–Crippen LogP) is 3.35. The number of thiazole rings is 1. The van der Waals surface area contributed by atoms with Crippen molar-refractivity contribution in [3.63, 3.8) is 0 Å². The molecule has 1 aromatic heterocycles. The van der Waals surface area contributed by atoms with Crippen molar-refractivity contribution in [2.24, 2.45) is 0 Å². The molecule has 166 valence electrons. The normalized spacial score (nSPS) is 13.6. The van der Waals surface area contributed by atoms with E-state index in [1.807, 2.05) is 30.5 Å². The lowest BCUT2D eigenvalue weighted by atomic mass is 10.3. The molecule has 0 saturated carbocycles. The van der Waals surface area contributed by atoms with Crippen LogP contribution in [0.3, 0.4) is 0 Å². The summed E-state index contributed by atoms with van der Waals surface area (Å²) in [5.41, 5.74) is 1.33. The SMILES string of the molecule is CCOC(=O)N1CCN(C(=O)Nc2nc(CC(=O)Nc3cccc(SC)c3)cs2)CC1. The van der Waals surface area contributed by atoms with Crippen LogP contribution in [0.4, 0.5) is 20.4 Å². The minimum Gasteiger partial charge on any atom is -0.450 e. The Bertz CT molecular complexity index is 928. The van der Waals surface area contributed by atoms with Crippen molar-refractivity contribution in [1.29, 1.82) is 0 Å². The van der Waals surface area contributed by atoms with Gasteiger partial charge in [-0.25, -0.2) is 14.6 Å². The highest BCUT2D eigenvalue weighted by Crippen LogP contribution is 2.20. The van der Waals surface area contributed by atoms with Gasteiger partial charge in [0.15, 0.2) is 5.13 Å². The van der Waals surface area contributed by atoms with Crippen molar-refractivity contribution in [3.8, 4) is 0 Å². The first-order valence-corrected chi connectivity index (χ1v) is 11.9. The van der Waals surface area contributed by atoms with E-state index < -0.39 is 0 Å². The fraction of sp³-hybridized carbons (Fsp3) is 0.400. The molecule has 0 spiro atoms. The van der Waals surface area contributed by atoms with Gasteiger partial charge in [0.05, 0.1) is 18.7 Å². The zero-order chi connectivity index (χ0) is 22.2. The van der Waals surface area contributed by atoms with E-state index in [-0.39, 0.29) is 24.5 Å². The first kappa shape index (κ1) is 22.9. The molecular formula is C20H25N5O4S2. The molecule has 1 aliphatic rings. The zero-order valence-electron chi connectivity index (χ0n) is 17.4. The summed E-state index contributed by atoms with van der Waals surface area (Å²) in [6.45, 7) is 3.77. The van der Waals surface area contributed by atoms with Gasteiger partial charge in [0.25, 0.3) is 0 Å². The number of piperazine rings is 1. The van der Waals surface area contributed by atoms with Gasteiger partial charge in [0, 0.05) is 42.1 Å². The molecule has 1 saturated heterocycles. The second kappa shape index (κ2) is 11.0. The van der Waals surface area contributed by atoms with Crippen molar-refractivity contribution >= 4 is 51.9 Å². The fourth-order valence-corrected chi connectivity index (χ4v) is 4.15. The van der Waals surface area contributed by atoms with E-state index >= 15 is 0 Å². The van der Waals surface area contributed by atoms with Gasteiger partial charge in [0.1, 0.15) is 0 Å². The molecule has 0 unspecified atom stereocenters. The van der Waals surface area contributed by atoms with Crippen LogP contribution in [0, 0.1) is 0 Å². The number of anilines is 2. The largest absolute Gasteiger partial charge is 0.450 e. The summed E-state index contributed by atoms with van der Waals surface area (Å²) in [5, 5.41) is 7.82. The number of carbonyl (C=O) groups excluding carboxylic acids is 3. The lowest BCUT2D eigenvalue weighted by Crippen LogP contribution is -2.51. The topological polar surface area (TPSA) is 104 Å². The first-order valence-electron chi connectivity index (χ1n) is 9.84. The van der Waals surface area contributed by atoms with Gasteiger partial charge in [-0.2, -0.15) is 0 Å². The highest BCUT2D eigenvalue weighted by atomic mass is 32.2. The molecule has 0 atom stereocenters. The van der Waals surface area contributed by atoms with Gasteiger partial charge in [-0.05, 0) is 31.4 Å². The Morgan fingerprint density at radius 2 is 1.90 bits per heavy atom. The van der Waals surface area contributed by atoms with Crippen molar-refractivity contribution in [2.45, 2.75) is 18.2 Å². The Balaban J connectivity index is 1.46. The van der Waals surface area contributed by atoms with Gasteiger partial charge in [0.2, 0.25) is 5.91 Å². The maximum Gasteiger partial charge on any atom is 0.409 e. The van der Waals surface area contributed by atoms with E-state index in [4.69, 9.17) is 4.74 Å². The zero-order valence-corrected chi connectivity index (χ0v) is 19.1. The predicted molar refractivity (Wildman–Crippen MR) is 122 cm³/mol. The first-order chi connectivity index (χ1) is 15.0. The highest BCUT2D eigenvalue weighted by molar-refractivity contribution is 7.98. The number of nitrogens with zero attached hydrogens (tertiary/aromatic N) is 3. The number of rotatable bonds is 6. The van der Waals surface area contributed by atoms with Crippen LogP contribution < -0.4 is 10.6 Å². The van der Waals surface area contributed by atoms with E-state index in [1.54, 1.807) is 33.9 Å². The number of nitrogens with one attached hydrogen (secondary N) is 2. The van der Waals surface area contributed by atoms with Crippen LogP contribution in [0.25, 0.3) is 0 Å². The summed E-state index contributed by atoms with van der Waals surface area (Å²) in [4.78, 5) is 45.1. The summed E-state index contributed by atoms with van der Waals surface area (Å²) in [5.74, 6) is -0.170. The minimum absolute atomic E-state index is 0.119. The average Bonchev–Trinajstić information content (AvgIpc) is 3.20. The van der Waals surface area contributed by atoms with E-state index in [9.17, 15) is 14.4 Å². The third kappa shape index (κ3) is 6.59. The Morgan fingerprint density at radius 1 is 1.16 bits per heavy atom. The van der Waals surface area contributed by atoms with Crippen LogP contribution in [-0.4, -0.2) is 71.9 Å². The molecular weight excluding hydrogens is 438 g/mol. The van der Waals surface area contributed by atoms with Gasteiger partial charge >= 0.3 is 12.1 Å². The second-order valence-electron chi connectivity index (χ2n) is 6.70. The number of ether oxygens (including phenoxy) is 1. The Labute approximate surface area is 189 Å². The maximum absolute atomic E-state index is 12.5. The third-order valence-corrected chi connectivity index (χ3v) is 6.09. The smallest absolute Gasteiger partial charge is 0.409 e. The van der Waals surface area contributed by atoms with Crippen LogP contribution >= 0.6 is 23.1 Å². The lowest BCUT2D eigenvalue weighted by molar-refractivity contribution is -0.115. The quantitative estimate of drug-likeness (QED) is 0.637. The standard InChI is InChI=1S/C20H25N5O4S2/c1-3-29-20(28)25-9-7-24(8-10-25)19(27)23-18-22-15(13-31-18)12-17(26)21-14-5-4-6-16(11-14)30-2/h4-6,11,13H,3,7-10,12H2,1-2H3,(H,21,26)(H,22,23,27). The number of amides is 4. The van der Waals surface area contributed by atoms with Crippen LogP contribution in [-0.2, 0) is 16.0 Å². The second-order valence-corrected chi connectivity index (χ2v) is 8.44. The summed E-state index contributed by atoms with van der Waals surface area (Å²) in [6, 6.07) is 7.35. The van der Waals surface area contributed by atoms with E-state index in [1.165, 1.54) is 11.3 Å². The molecule has 2 N–H and O–H groups in total.